The first-order valence-electron chi connectivity index (χ1n) is 7.88. The number of carbonyl (C=O) groups excluding carboxylic acids is 1. The lowest BCUT2D eigenvalue weighted by atomic mass is 10.0. The Morgan fingerprint density at radius 3 is 2.68 bits per heavy atom. The summed E-state index contributed by atoms with van der Waals surface area (Å²) in [6.07, 6.45) is 6.26. The van der Waals surface area contributed by atoms with Gasteiger partial charge in [0.1, 0.15) is 12.1 Å². The molecule has 1 aliphatic rings. The van der Waals surface area contributed by atoms with Gasteiger partial charge in [0, 0.05) is 31.6 Å². The molecule has 0 spiro atoms. The summed E-state index contributed by atoms with van der Waals surface area (Å²) in [6.45, 7) is 7.91. The van der Waals surface area contributed by atoms with Gasteiger partial charge in [-0.3, -0.25) is 4.79 Å². The Morgan fingerprint density at radius 1 is 1.41 bits per heavy atom. The molecule has 1 amide bonds. The molecular formula is C16H26N4OS. The van der Waals surface area contributed by atoms with Crippen LogP contribution < -0.4 is 5.32 Å². The van der Waals surface area contributed by atoms with Gasteiger partial charge in [-0.15, -0.1) is 0 Å². The van der Waals surface area contributed by atoms with Crippen molar-refractivity contribution in [1.29, 1.82) is 0 Å². The molecule has 1 saturated heterocycles. The molecule has 0 atom stereocenters. The van der Waals surface area contributed by atoms with Crippen LogP contribution in [0, 0.1) is 0 Å². The number of nitrogens with one attached hydrogen (secondary N) is 1. The van der Waals surface area contributed by atoms with Crippen LogP contribution in [0.3, 0.4) is 0 Å². The van der Waals surface area contributed by atoms with Crippen molar-refractivity contribution < 1.29 is 4.79 Å². The van der Waals surface area contributed by atoms with E-state index in [2.05, 4.69) is 35.4 Å². The summed E-state index contributed by atoms with van der Waals surface area (Å²) in [6, 6.07) is 2.42. The average molecular weight is 322 g/mol. The largest absolute Gasteiger partial charge is 0.367 e. The first-order chi connectivity index (χ1) is 10.5. The number of thioether (sulfide) groups is 1. The van der Waals surface area contributed by atoms with Gasteiger partial charge in [-0.2, -0.15) is 11.8 Å². The van der Waals surface area contributed by atoms with E-state index in [1.165, 1.54) is 0 Å². The Hall–Kier alpha value is -1.30. The maximum atomic E-state index is 11.7. The highest BCUT2D eigenvalue weighted by Gasteiger charge is 2.24. The van der Waals surface area contributed by atoms with E-state index in [1.807, 2.05) is 17.9 Å². The van der Waals surface area contributed by atoms with E-state index >= 15 is 0 Å². The molecule has 22 heavy (non-hydrogen) atoms. The number of likely N-dealkylation sites (tertiary alicyclic amines) is 1. The third-order valence-electron chi connectivity index (χ3n) is 4.30. The van der Waals surface area contributed by atoms with Gasteiger partial charge < -0.3 is 10.2 Å². The van der Waals surface area contributed by atoms with Crippen LogP contribution in [0.5, 0.6) is 0 Å². The molecule has 1 fully saturated rings. The van der Waals surface area contributed by atoms with Gasteiger partial charge in [-0.05, 0) is 32.9 Å². The maximum Gasteiger partial charge on any atom is 0.222 e. The predicted molar refractivity (Wildman–Crippen MR) is 92.1 cm³/mol. The molecule has 122 valence electrons. The monoisotopic (exact) mass is 322 g/mol. The van der Waals surface area contributed by atoms with Gasteiger partial charge in [0.05, 0.1) is 10.4 Å². The quantitative estimate of drug-likeness (QED) is 0.903. The first-order valence-corrected chi connectivity index (χ1v) is 9.10. The molecule has 0 bridgehead atoms. The smallest absolute Gasteiger partial charge is 0.222 e. The summed E-state index contributed by atoms with van der Waals surface area (Å²) in [4.78, 5) is 22.4. The third kappa shape index (κ3) is 4.12. The van der Waals surface area contributed by atoms with E-state index in [-0.39, 0.29) is 10.7 Å². The number of rotatable bonds is 5. The zero-order valence-electron chi connectivity index (χ0n) is 13.9. The van der Waals surface area contributed by atoms with Gasteiger partial charge >= 0.3 is 0 Å². The van der Waals surface area contributed by atoms with Crippen molar-refractivity contribution in [3.63, 3.8) is 0 Å². The van der Waals surface area contributed by atoms with Crippen LogP contribution >= 0.6 is 11.8 Å². The summed E-state index contributed by atoms with van der Waals surface area (Å²) in [5.74, 6) is 1.14. The molecule has 0 radical (unpaired) electrons. The number of hydrogen-bond donors (Lipinski definition) is 1. The van der Waals surface area contributed by atoms with E-state index in [0.29, 0.717) is 12.5 Å². The number of amides is 1. The summed E-state index contributed by atoms with van der Waals surface area (Å²) >= 11 is 1.78. The molecule has 2 heterocycles. The number of anilines is 1. The van der Waals surface area contributed by atoms with E-state index in [9.17, 15) is 4.79 Å². The highest BCUT2D eigenvalue weighted by molar-refractivity contribution is 7.99. The van der Waals surface area contributed by atoms with Crippen molar-refractivity contribution in [2.24, 2.45) is 0 Å². The van der Waals surface area contributed by atoms with Crippen LogP contribution in [0.25, 0.3) is 0 Å². The molecule has 0 aliphatic carbocycles. The van der Waals surface area contributed by atoms with Crippen LogP contribution in [0.15, 0.2) is 12.4 Å². The summed E-state index contributed by atoms with van der Waals surface area (Å²) < 4.78 is -0.0176. The summed E-state index contributed by atoms with van der Waals surface area (Å²) in [5.41, 5.74) is 1.04. The van der Waals surface area contributed by atoms with Crippen LogP contribution in [-0.2, 0) is 9.54 Å². The fraction of sp³-hybridized carbons (Fsp3) is 0.688. The lowest BCUT2D eigenvalue weighted by Gasteiger charge is -2.32. The topological polar surface area (TPSA) is 58.1 Å². The molecule has 2 rings (SSSR count). The number of piperidine rings is 1. The van der Waals surface area contributed by atoms with Crippen LogP contribution in [-0.4, -0.2) is 46.2 Å². The first kappa shape index (κ1) is 17.1. The molecule has 0 saturated carbocycles. The average Bonchev–Trinajstić information content (AvgIpc) is 2.55. The Labute approximate surface area is 137 Å². The van der Waals surface area contributed by atoms with Crippen molar-refractivity contribution in [1.82, 2.24) is 14.9 Å². The molecule has 0 unspecified atom stereocenters. The second-order valence-electron chi connectivity index (χ2n) is 6.16. The van der Waals surface area contributed by atoms with Gasteiger partial charge in [0.15, 0.2) is 0 Å². The van der Waals surface area contributed by atoms with E-state index in [4.69, 9.17) is 0 Å². The van der Waals surface area contributed by atoms with Crippen LogP contribution in [0.4, 0.5) is 5.82 Å². The van der Waals surface area contributed by atoms with Crippen LogP contribution in [0.1, 0.15) is 45.7 Å². The standard InChI is InChI=1S/C16H26N4OS/c1-5-15(21)20-8-6-12(7-9-20)19-14-10-13(17-11-18-14)16(2,3)22-4/h10-12H,5-9H2,1-4H3,(H,17,18,19). The summed E-state index contributed by atoms with van der Waals surface area (Å²) in [5, 5.41) is 3.50. The second kappa shape index (κ2) is 7.31. The van der Waals surface area contributed by atoms with Crippen LogP contribution in [0.2, 0.25) is 0 Å². The molecule has 1 aromatic rings. The van der Waals surface area contributed by atoms with E-state index in [1.54, 1.807) is 18.1 Å². The minimum Gasteiger partial charge on any atom is -0.367 e. The molecule has 1 aromatic heterocycles. The van der Waals surface area contributed by atoms with Crippen molar-refractivity contribution in [2.45, 2.75) is 50.8 Å². The Balaban J connectivity index is 1.95. The molecule has 5 nitrogen and oxygen atoms in total. The van der Waals surface area contributed by atoms with E-state index in [0.717, 1.165) is 37.4 Å². The Bertz CT molecular complexity index is 513. The fourth-order valence-corrected chi connectivity index (χ4v) is 2.90. The number of aromatic nitrogens is 2. The SMILES string of the molecule is CCC(=O)N1CCC(Nc2cc(C(C)(C)SC)ncn2)CC1. The van der Waals surface area contributed by atoms with E-state index < -0.39 is 0 Å². The lowest BCUT2D eigenvalue weighted by molar-refractivity contribution is -0.131. The molecular weight excluding hydrogens is 296 g/mol. The van der Waals surface area contributed by atoms with Gasteiger partial charge in [-0.25, -0.2) is 9.97 Å². The van der Waals surface area contributed by atoms with Gasteiger partial charge in [0.25, 0.3) is 0 Å². The zero-order valence-corrected chi connectivity index (χ0v) is 14.7. The normalized spacial score (nSPS) is 16.6. The lowest BCUT2D eigenvalue weighted by Crippen LogP contribution is -2.42. The molecule has 0 aromatic carbocycles. The Morgan fingerprint density at radius 2 is 2.09 bits per heavy atom. The number of nitrogens with zero attached hydrogens (tertiary/aromatic N) is 3. The van der Waals surface area contributed by atoms with Crippen molar-refractivity contribution in [3.05, 3.63) is 18.1 Å². The van der Waals surface area contributed by atoms with Crippen molar-refractivity contribution >= 4 is 23.5 Å². The zero-order chi connectivity index (χ0) is 16.2. The highest BCUT2D eigenvalue weighted by atomic mass is 32.2. The molecule has 6 heteroatoms. The summed E-state index contributed by atoms with van der Waals surface area (Å²) in [7, 11) is 0. The minimum atomic E-state index is -0.0176. The third-order valence-corrected chi connectivity index (χ3v) is 5.53. The van der Waals surface area contributed by atoms with Crippen molar-refractivity contribution in [2.75, 3.05) is 24.7 Å². The highest BCUT2D eigenvalue weighted by Crippen LogP contribution is 2.32. The maximum absolute atomic E-state index is 11.7. The fourth-order valence-electron chi connectivity index (χ4n) is 2.58. The van der Waals surface area contributed by atoms with Gasteiger partial charge in [0.2, 0.25) is 5.91 Å². The van der Waals surface area contributed by atoms with Crippen molar-refractivity contribution in [3.8, 4) is 0 Å². The van der Waals surface area contributed by atoms with Gasteiger partial charge in [-0.1, -0.05) is 6.92 Å². The number of hydrogen-bond acceptors (Lipinski definition) is 5. The minimum absolute atomic E-state index is 0.0176. The predicted octanol–water partition coefficient (Wildman–Crippen LogP) is 2.89. The molecule has 1 N–H and O–H groups in total. The molecule has 1 aliphatic heterocycles. The second-order valence-corrected chi connectivity index (χ2v) is 7.58. The Kier molecular flexibility index (Phi) is 5.67. The number of carbonyl (C=O) groups is 1.